The van der Waals surface area contributed by atoms with Crippen molar-refractivity contribution in [1.29, 1.82) is 0 Å². The standard InChI is InChI=1S/C40H49ClN6O8S/c1-9-25-20-40(25,37(50)44-56(52,53)29-15-16-29)47(36(49)33(39(3,4)5)43-27-13-10-24(11-14-27)35(48)45(6)7)38(51)46-22-28(18-23(46)2)55-34-31-19-26(41)12-17-30(31)32(54-8)21-42-34/h9-14,17,19,21,23,25,28-29,33,43H,1,15-16,18,20,22H2,2-8H3,(H,44,50)/t23?,25-,28-,33-,40-/m1/s1. The van der Waals surface area contributed by atoms with Crippen LogP contribution in [0.1, 0.15) is 63.7 Å². The van der Waals surface area contributed by atoms with E-state index in [2.05, 4.69) is 21.6 Å². The summed E-state index contributed by atoms with van der Waals surface area (Å²) in [5.41, 5.74) is -1.77. The van der Waals surface area contributed by atoms with E-state index >= 15 is 9.59 Å². The quantitative estimate of drug-likeness (QED) is 0.224. The Morgan fingerprint density at radius 3 is 2.34 bits per heavy atom. The van der Waals surface area contributed by atoms with Crippen LogP contribution in [0.4, 0.5) is 10.5 Å². The number of carbonyl (C=O) groups excluding carboxylic acids is 4. The number of carbonyl (C=O) groups is 4. The molecule has 2 N–H and O–H groups in total. The third-order valence-corrected chi connectivity index (χ3v) is 12.7. The smallest absolute Gasteiger partial charge is 0.328 e. The molecule has 2 aliphatic carbocycles. The lowest BCUT2D eigenvalue weighted by atomic mass is 9.85. The van der Waals surface area contributed by atoms with E-state index < -0.39 is 68.2 Å². The van der Waals surface area contributed by atoms with Crippen LogP contribution in [0.5, 0.6) is 11.6 Å². The Kier molecular flexibility index (Phi) is 11.1. The van der Waals surface area contributed by atoms with Gasteiger partial charge in [0.05, 0.1) is 25.1 Å². The first-order valence-electron chi connectivity index (χ1n) is 18.5. The number of hydrogen-bond acceptors (Lipinski definition) is 10. The Morgan fingerprint density at radius 2 is 1.77 bits per heavy atom. The van der Waals surface area contributed by atoms with Crippen molar-refractivity contribution in [2.24, 2.45) is 11.3 Å². The molecule has 16 heteroatoms. The number of fused-ring (bicyclic) bond motifs is 1. The Hall–Kier alpha value is -4.89. The number of anilines is 1. The Labute approximate surface area is 332 Å². The third kappa shape index (κ3) is 7.88. The molecule has 3 aromatic rings. The molecule has 1 saturated heterocycles. The average molecular weight is 809 g/mol. The summed E-state index contributed by atoms with van der Waals surface area (Å²) in [7, 11) is 0.783. The van der Waals surface area contributed by atoms with Gasteiger partial charge in [0.2, 0.25) is 15.9 Å². The van der Waals surface area contributed by atoms with Crippen molar-refractivity contribution in [3.8, 4) is 11.6 Å². The van der Waals surface area contributed by atoms with Gasteiger partial charge in [-0.1, -0.05) is 38.4 Å². The zero-order valence-corrected chi connectivity index (χ0v) is 34.2. The zero-order valence-electron chi connectivity index (χ0n) is 32.7. The van der Waals surface area contributed by atoms with Gasteiger partial charge in [0, 0.05) is 59.5 Å². The number of sulfonamides is 1. The molecule has 2 saturated carbocycles. The molecule has 0 bridgehead atoms. The Balaban J connectivity index is 1.36. The largest absolute Gasteiger partial charge is 0.494 e. The number of halogens is 1. The first kappa shape index (κ1) is 40.8. The highest BCUT2D eigenvalue weighted by atomic mass is 35.5. The number of amides is 5. The minimum Gasteiger partial charge on any atom is -0.494 e. The minimum absolute atomic E-state index is 0.0110. The summed E-state index contributed by atoms with van der Waals surface area (Å²) in [6.07, 6.45) is 3.63. The van der Waals surface area contributed by atoms with Crippen LogP contribution in [-0.4, -0.2) is 109 Å². The number of hydrogen-bond donors (Lipinski definition) is 2. The van der Waals surface area contributed by atoms with E-state index in [-0.39, 0.29) is 24.8 Å². The van der Waals surface area contributed by atoms with Crippen LogP contribution in [0.2, 0.25) is 5.02 Å². The van der Waals surface area contributed by atoms with E-state index in [4.69, 9.17) is 21.1 Å². The van der Waals surface area contributed by atoms with Crippen molar-refractivity contribution in [1.82, 2.24) is 24.4 Å². The summed E-state index contributed by atoms with van der Waals surface area (Å²) in [5.74, 6) is -1.78. The van der Waals surface area contributed by atoms with Gasteiger partial charge >= 0.3 is 6.03 Å². The van der Waals surface area contributed by atoms with Crippen LogP contribution >= 0.6 is 11.6 Å². The lowest BCUT2D eigenvalue weighted by Gasteiger charge is -2.40. The molecule has 0 spiro atoms. The number of nitrogens with one attached hydrogen (secondary N) is 2. The second-order valence-corrected chi connectivity index (χ2v) is 18.5. The summed E-state index contributed by atoms with van der Waals surface area (Å²) >= 11 is 6.34. The van der Waals surface area contributed by atoms with Gasteiger partial charge < -0.3 is 24.6 Å². The van der Waals surface area contributed by atoms with Crippen molar-refractivity contribution < 1.29 is 37.1 Å². The van der Waals surface area contributed by atoms with Crippen LogP contribution in [0.15, 0.2) is 61.3 Å². The Morgan fingerprint density at radius 1 is 1.09 bits per heavy atom. The maximum atomic E-state index is 15.2. The average Bonchev–Trinajstić information content (AvgIpc) is 4.07. The predicted octanol–water partition coefficient (Wildman–Crippen LogP) is 5.47. The first-order chi connectivity index (χ1) is 26.3. The molecule has 1 aromatic heterocycles. The monoisotopic (exact) mass is 808 g/mol. The molecular weight excluding hydrogens is 760 g/mol. The maximum Gasteiger partial charge on any atom is 0.328 e. The number of benzene rings is 2. The fraction of sp³-hybridized carbons (Fsp3) is 0.475. The van der Waals surface area contributed by atoms with Gasteiger partial charge in [0.15, 0.2) is 0 Å². The lowest BCUT2D eigenvalue weighted by molar-refractivity contribution is -0.141. The van der Waals surface area contributed by atoms with E-state index in [0.717, 1.165) is 10.3 Å². The van der Waals surface area contributed by atoms with Crippen molar-refractivity contribution in [3.63, 3.8) is 0 Å². The summed E-state index contributed by atoms with van der Waals surface area (Å²) in [5, 5.41) is 4.35. The Bertz CT molecular complexity index is 2170. The number of imide groups is 1. The van der Waals surface area contributed by atoms with Gasteiger partial charge in [0.25, 0.3) is 17.7 Å². The number of rotatable bonds is 12. The van der Waals surface area contributed by atoms with Crippen LogP contribution in [0.3, 0.4) is 0 Å². The molecule has 2 heterocycles. The molecule has 3 aliphatic rings. The summed E-state index contributed by atoms with van der Waals surface area (Å²) in [4.78, 5) is 65.4. The molecule has 1 aliphatic heterocycles. The number of aromatic nitrogens is 1. The second-order valence-electron chi connectivity index (χ2n) is 16.1. The third-order valence-electron chi connectivity index (χ3n) is 10.7. The van der Waals surface area contributed by atoms with Gasteiger partial charge in [-0.2, -0.15) is 0 Å². The molecule has 3 fully saturated rings. The number of methoxy groups -OCH3 is 1. The number of pyridine rings is 1. The SMILES string of the molecule is C=C[C@@H]1C[C@@]1(C(=O)NS(=O)(=O)C1CC1)N(C(=O)[C@@H](Nc1ccc(C(=O)N(C)C)cc1)C(C)(C)C)C(=O)N1C[C@H](Oc2ncc(OC)c3ccc(Cl)cc23)CC1C. The molecule has 5 amide bonds. The molecule has 2 aromatic carbocycles. The lowest BCUT2D eigenvalue weighted by Crippen LogP contribution is -2.64. The number of nitrogens with zero attached hydrogens (tertiary/aromatic N) is 4. The molecule has 1 unspecified atom stereocenters. The molecule has 0 radical (unpaired) electrons. The fourth-order valence-corrected chi connectivity index (χ4v) is 8.80. The van der Waals surface area contributed by atoms with Gasteiger partial charge in [0.1, 0.15) is 23.4 Å². The first-order valence-corrected chi connectivity index (χ1v) is 20.4. The van der Waals surface area contributed by atoms with Crippen LogP contribution in [0, 0.1) is 11.3 Å². The molecule has 5 atom stereocenters. The number of likely N-dealkylation sites (tertiary alicyclic amines) is 1. The van der Waals surface area contributed by atoms with Gasteiger partial charge in [-0.25, -0.2) is 23.1 Å². The summed E-state index contributed by atoms with van der Waals surface area (Å²) < 4.78 is 40.4. The van der Waals surface area contributed by atoms with Crippen LogP contribution < -0.4 is 19.5 Å². The molecular formula is C40H49ClN6O8S. The highest BCUT2D eigenvalue weighted by Gasteiger charge is 2.68. The normalized spacial score (nSPS) is 22.5. The van der Waals surface area contributed by atoms with E-state index in [0.29, 0.717) is 46.7 Å². The molecule has 300 valence electrons. The van der Waals surface area contributed by atoms with Gasteiger partial charge in [-0.05, 0) is 74.1 Å². The highest BCUT2D eigenvalue weighted by molar-refractivity contribution is 7.91. The van der Waals surface area contributed by atoms with Gasteiger partial charge in [-0.3, -0.25) is 19.1 Å². The number of ether oxygens (including phenoxy) is 2. The molecule has 56 heavy (non-hydrogen) atoms. The summed E-state index contributed by atoms with van der Waals surface area (Å²) in [6.45, 7) is 11.2. The fourth-order valence-electron chi connectivity index (χ4n) is 7.27. The van der Waals surface area contributed by atoms with Crippen molar-refractivity contribution in [2.45, 2.75) is 82.4 Å². The van der Waals surface area contributed by atoms with Crippen molar-refractivity contribution in [3.05, 3.63) is 71.9 Å². The van der Waals surface area contributed by atoms with E-state index in [1.165, 1.54) is 23.0 Å². The van der Waals surface area contributed by atoms with E-state index in [1.807, 2.05) is 27.7 Å². The summed E-state index contributed by atoms with van der Waals surface area (Å²) in [6, 6.07) is 9.52. The molecule has 14 nitrogen and oxygen atoms in total. The maximum absolute atomic E-state index is 15.2. The highest BCUT2D eigenvalue weighted by Crippen LogP contribution is 2.52. The van der Waals surface area contributed by atoms with Crippen molar-refractivity contribution in [2.75, 3.05) is 33.1 Å². The van der Waals surface area contributed by atoms with E-state index in [9.17, 15) is 18.0 Å². The van der Waals surface area contributed by atoms with E-state index in [1.54, 1.807) is 62.8 Å². The van der Waals surface area contributed by atoms with Crippen LogP contribution in [0.25, 0.3) is 10.8 Å². The van der Waals surface area contributed by atoms with Gasteiger partial charge in [-0.15, -0.1) is 6.58 Å². The topological polar surface area (TPSA) is 168 Å². The van der Waals surface area contributed by atoms with Crippen LogP contribution in [-0.2, 0) is 19.6 Å². The molecule has 6 rings (SSSR count). The predicted molar refractivity (Wildman–Crippen MR) is 213 cm³/mol. The zero-order chi connectivity index (χ0) is 40.9. The van der Waals surface area contributed by atoms with Crippen molar-refractivity contribution >= 4 is 61.8 Å². The number of urea groups is 1. The second kappa shape index (κ2) is 15.2. The minimum atomic E-state index is -4.05.